The van der Waals surface area contributed by atoms with E-state index in [0.29, 0.717) is 26.3 Å². The minimum atomic E-state index is -0.00204. The average Bonchev–Trinajstić information content (AvgIpc) is 2.40. The number of ether oxygens (including phenoxy) is 1. The molecule has 18 heavy (non-hydrogen) atoms. The minimum absolute atomic E-state index is 0.00204. The molecular weight excluding hydrogens is 230 g/mol. The monoisotopic (exact) mass is 249 g/mol. The summed E-state index contributed by atoms with van der Waals surface area (Å²) < 4.78 is 5.25. The van der Waals surface area contributed by atoms with Crippen molar-refractivity contribution in [3.05, 3.63) is 29.8 Å². The van der Waals surface area contributed by atoms with Crippen molar-refractivity contribution in [3.63, 3.8) is 0 Å². The van der Waals surface area contributed by atoms with E-state index in [9.17, 15) is 4.79 Å². The predicted octanol–water partition coefficient (Wildman–Crippen LogP) is 0.416. The Kier molecular flexibility index (Phi) is 4.69. The van der Waals surface area contributed by atoms with Crippen LogP contribution in [0, 0.1) is 0 Å². The van der Waals surface area contributed by atoms with Crippen LogP contribution in [0.2, 0.25) is 0 Å². The van der Waals surface area contributed by atoms with Crippen molar-refractivity contribution in [3.8, 4) is 0 Å². The number of anilines is 1. The van der Waals surface area contributed by atoms with Crippen molar-refractivity contribution in [2.45, 2.75) is 6.54 Å². The molecule has 1 heterocycles. The van der Waals surface area contributed by atoms with E-state index in [1.54, 1.807) is 0 Å². The van der Waals surface area contributed by atoms with Gasteiger partial charge in [0.15, 0.2) is 0 Å². The first-order valence-electron chi connectivity index (χ1n) is 6.17. The predicted molar refractivity (Wildman–Crippen MR) is 70.2 cm³/mol. The Morgan fingerprint density at radius 2 is 2.06 bits per heavy atom. The van der Waals surface area contributed by atoms with Gasteiger partial charge in [-0.3, -0.25) is 9.69 Å². The summed E-state index contributed by atoms with van der Waals surface area (Å²) in [6.07, 6.45) is 0. The zero-order valence-corrected chi connectivity index (χ0v) is 10.4. The van der Waals surface area contributed by atoms with Gasteiger partial charge in [-0.05, 0) is 11.6 Å². The van der Waals surface area contributed by atoms with Crippen molar-refractivity contribution in [1.29, 1.82) is 0 Å². The van der Waals surface area contributed by atoms with Crippen LogP contribution in [0.15, 0.2) is 24.3 Å². The van der Waals surface area contributed by atoms with E-state index in [-0.39, 0.29) is 5.91 Å². The third-order valence-corrected chi connectivity index (χ3v) is 2.98. The number of morpholine rings is 1. The molecule has 3 N–H and O–H groups in total. The molecule has 2 rings (SSSR count). The van der Waals surface area contributed by atoms with E-state index >= 15 is 0 Å². The standard InChI is InChI=1S/C13H19N3O2/c14-9-11-3-1-2-4-12(11)15-13(17)10-16-5-7-18-8-6-16/h1-4H,5-10,14H2,(H,15,17). The van der Waals surface area contributed by atoms with Gasteiger partial charge in [0, 0.05) is 25.3 Å². The van der Waals surface area contributed by atoms with Gasteiger partial charge in [-0.25, -0.2) is 0 Å². The van der Waals surface area contributed by atoms with Crippen LogP contribution in [0.1, 0.15) is 5.56 Å². The van der Waals surface area contributed by atoms with Gasteiger partial charge >= 0.3 is 0 Å². The summed E-state index contributed by atoms with van der Waals surface area (Å²) in [6.45, 7) is 3.85. The minimum Gasteiger partial charge on any atom is -0.379 e. The fourth-order valence-electron chi connectivity index (χ4n) is 1.97. The zero-order valence-electron chi connectivity index (χ0n) is 10.4. The molecule has 1 aromatic rings. The summed E-state index contributed by atoms with van der Waals surface area (Å²) in [7, 11) is 0. The fourth-order valence-corrected chi connectivity index (χ4v) is 1.97. The number of carbonyl (C=O) groups excluding carboxylic acids is 1. The third kappa shape index (κ3) is 3.53. The molecule has 5 heteroatoms. The molecular formula is C13H19N3O2. The Balaban J connectivity index is 1.90. The second kappa shape index (κ2) is 6.49. The van der Waals surface area contributed by atoms with E-state index < -0.39 is 0 Å². The van der Waals surface area contributed by atoms with Crippen molar-refractivity contribution in [2.24, 2.45) is 5.73 Å². The number of nitrogens with two attached hydrogens (primary N) is 1. The molecule has 1 saturated heterocycles. The molecule has 0 unspecified atom stereocenters. The van der Waals surface area contributed by atoms with Crippen LogP contribution < -0.4 is 11.1 Å². The molecule has 0 radical (unpaired) electrons. The second-order valence-corrected chi connectivity index (χ2v) is 4.30. The number of hydrogen-bond acceptors (Lipinski definition) is 4. The maximum absolute atomic E-state index is 11.9. The molecule has 1 aromatic carbocycles. The molecule has 0 atom stereocenters. The lowest BCUT2D eigenvalue weighted by molar-refractivity contribution is -0.118. The normalized spacial score (nSPS) is 16.5. The molecule has 0 saturated carbocycles. The van der Waals surface area contributed by atoms with Gasteiger partial charge in [0.1, 0.15) is 0 Å². The summed E-state index contributed by atoms with van der Waals surface area (Å²) in [5.41, 5.74) is 7.39. The highest BCUT2D eigenvalue weighted by atomic mass is 16.5. The van der Waals surface area contributed by atoms with Crippen molar-refractivity contribution < 1.29 is 9.53 Å². The number of rotatable bonds is 4. The maximum Gasteiger partial charge on any atom is 0.238 e. The molecule has 5 nitrogen and oxygen atoms in total. The molecule has 98 valence electrons. The highest BCUT2D eigenvalue weighted by molar-refractivity contribution is 5.93. The van der Waals surface area contributed by atoms with Crippen LogP contribution in [0.5, 0.6) is 0 Å². The van der Waals surface area contributed by atoms with E-state index in [0.717, 1.165) is 24.3 Å². The Labute approximate surface area is 107 Å². The summed E-state index contributed by atoms with van der Waals surface area (Å²) in [5.74, 6) is -0.00204. The topological polar surface area (TPSA) is 67.6 Å². The van der Waals surface area contributed by atoms with E-state index in [4.69, 9.17) is 10.5 Å². The van der Waals surface area contributed by atoms with Crippen LogP contribution in [-0.2, 0) is 16.1 Å². The third-order valence-electron chi connectivity index (χ3n) is 2.98. The SMILES string of the molecule is NCc1ccccc1NC(=O)CN1CCOCC1. The molecule has 0 spiro atoms. The first kappa shape index (κ1) is 13.0. The summed E-state index contributed by atoms with van der Waals surface area (Å²) in [6, 6.07) is 7.60. The van der Waals surface area contributed by atoms with Gasteiger partial charge in [0.2, 0.25) is 5.91 Å². The summed E-state index contributed by atoms with van der Waals surface area (Å²) in [5, 5.41) is 2.91. The maximum atomic E-state index is 11.9. The number of nitrogens with one attached hydrogen (secondary N) is 1. The smallest absolute Gasteiger partial charge is 0.238 e. The highest BCUT2D eigenvalue weighted by Crippen LogP contribution is 2.14. The van der Waals surface area contributed by atoms with E-state index in [1.807, 2.05) is 24.3 Å². The van der Waals surface area contributed by atoms with Crippen molar-refractivity contribution >= 4 is 11.6 Å². The summed E-state index contributed by atoms with van der Waals surface area (Å²) >= 11 is 0. The number of hydrogen-bond donors (Lipinski definition) is 2. The van der Waals surface area contributed by atoms with Crippen LogP contribution in [0.3, 0.4) is 0 Å². The van der Waals surface area contributed by atoms with E-state index in [1.165, 1.54) is 0 Å². The number of carbonyl (C=O) groups is 1. The Hall–Kier alpha value is -1.43. The van der Waals surface area contributed by atoms with Crippen LogP contribution in [-0.4, -0.2) is 43.7 Å². The lowest BCUT2D eigenvalue weighted by atomic mass is 10.2. The average molecular weight is 249 g/mol. The Bertz CT molecular complexity index is 403. The number of nitrogens with zero attached hydrogens (tertiary/aromatic N) is 1. The largest absolute Gasteiger partial charge is 0.379 e. The quantitative estimate of drug-likeness (QED) is 0.811. The van der Waals surface area contributed by atoms with Crippen LogP contribution in [0.4, 0.5) is 5.69 Å². The van der Waals surface area contributed by atoms with Gasteiger partial charge < -0.3 is 15.8 Å². The first-order valence-corrected chi connectivity index (χ1v) is 6.17. The molecule has 1 aliphatic heterocycles. The lowest BCUT2D eigenvalue weighted by Crippen LogP contribution is -2.41. The van der Waals surface area contributed by atoms with Crippen LogP contribution >= 0.6 is 0 Å². The molecule has 0 aliphatic carbocycles. The second-order valence-electron chi connectivity index (χ2n) is 4.30. The van der Waals surface area contributed by atoms with Crippen molar-refractivity contribution in [1.82, 2.24) is 4.90 Å². The molecule has 0 bridgehead atoms. The molecule has 1 fully saturated rings. The number of para-hydroxylation sites is 1. The lowest BCUT2D eigenvalue weighted by Gasteiger charge is -2.25. The Morgan fingerprint density at radius 3 is 2.78 bits per heavy atom. The first-order chi connectivity index (χ1) is 8.79. The number of amides is 1. The molecule has 1 amide bonds. The zero-order chi connectivity index (χ0) is 12.8. The van der Waals surface area contributed by atoms with Gasteiger partial charge in [-0.1, -0.05) is 18.2 Å². The van der Waals surface area contributed by atoms with Gasteiger partial charge in [0.05, 0.1) is 19.8 Å². The fraction of sp³-hybridized carbons (Fsp3) is 0.462. The van der Waals surface area contributed by atoms with E-state index in [2.05, 4.69) is 10.2 Å². The van der Waals surface area contributed by atoms with Gasteiger partial charge in [-0.15, -0.1) is 0 Å². The highest BCUT2D eigenvalue weighted by Gasteiger charge is 2.14. The van der Waals surface area contributed by atoms with Crippen molar-refractivity contribution in [2.75, 3.05) is 38.2 Å². The molecule has 0 aromatic heterocycles. The Morgan fingerprint density at radius 1 is 1.33 bits per heavy atom. The van der Waals surface area contributed by atoms with Crippen LogP contribution in [0.25, 0.3) is 0 Å². The summed E-state index contributed by atoms with van der Waals surface area (Å²) in [4.78, 5) is 14.0. The molecule has 1 aliphatic rings. The van der Waals surface area contributed by atoms with Gasteiger partial charge in [-0.2, -0.15) is 0 Å². The van der Waals surface area contributed by atoms with Gasteiger partial charge in [0.25, 0.3) is 0 Å². The number of benzene rings is 1.